The Labute approximate surface area is 207 Å². The molecule has 0 radical (unpaired) electrons. The zero-order valence-corrected chi connectivity index (χ0v) is 21.5. The van der Waals surface area contributed by atoms with Crippen molar-refractivity contribution in [1.82, 2.24) is 0 Å². The van der Waals surface area contributed by atoms with Crippen LogP contribution in [0.5, 0.6) is 0 Å². The SMILES string of the molecule is COC12C=CC3(C=C1)c1c(c([Si](C)(C)C)c4c(c12)-c1ccccc1C4=O)COC3c1ccccc1. The topological polar surface area (TPSA) is 35.5 Å². The van der Waals surface area contributed by atoms with Crippen LogP contribution in [-0.2, 0) is 27.1 Å². The summed E-state index contributed by atoms with van der Waals surface area (Å²) in [5.41, 5.74) is 7.49. The number of methoxy groups -OCH3 is 1. The van der Waals surface area contributed by atoms with E-state index in [2.05, 4.69) is 74.3 Å². The van der Waals surface area contributed by atoms with Gasteiger partial charge in [-0.25, -0.2) is 0 Å². The molecule has 0 saturated heterocycles. The number of rotatable bonds is 3. The normalized spacial score (nSPS) is 27.1. The highest BCUT2D eigenvalue weighted by atomic mass is 28.3. The Hall–Kier alpha value is -3.05. The Morgan fingerprint density at radius 1 is 0.857 bits per heavy atom. The molecule has 3 nitrogen and oxygen atoms in total. The molecule has 0 fully saturated rings. The molecule has 174 valence electrons. The minimum Gasteiger partial charge on any atom is -0.367 e. The molecule has 1 spiro atoms. The Kier molecular flexibility index (Phi) is 4.12. The van der Waals surface area contributed by atoms with E-state index in [1.165, 1.54) is 16.3 Å². The molecule has 1 unspecified atom stereocenters. The maximum absolute atomic E-state index is 14.0. The van der Waals surface area contributed by atoms with Gasteiger partial charge in [-0.3, -0.25) is 4.79 Å². The highest BCUT2D eigenvalue weighted by Crippen LogP contribution is 2.61. The van der Waals surface area contributed by atoms with Crippen LogP contribution in [0, 0.1) is 0 Å². The van der Waals surface area contributed by atoms with Crippen molar-refractivity contribution in [3.05, 3.63) is 112 Å². The second-order valence-corrected chi connectivity index (χ2v) is 16.2. The number of hydrogen-bond acceptors (Lipinski definition) is 3. The Morgan fingerprint density at radius 2 is 1.51 bits per heavy atom. The third-order valence-corrected chi connectivity index (χ3v) is 10.4. The lowest BCUT2D eigenvalue weighted by molar-refractivity contribution is -0.0162. The van der Waals surface area contributed by atoms with Crippen LogP contribution in [0.3, 0.4) is 0 Å². The molecule has 1 atom stereocenters. The number of ether oxygens (including phenoxy) is 2. The Balaban J connectivity index is 1.67. The van der Waals surface area contributed by atoms with Crippen molar-refractivity contribution in [3.8, 4) is 11.1 Å². The highest BCUT2D eigenvalue weighted by molar-refractivity contribution is 6.90. The van der Waals surface area contributed by atoms with Gasteiger partial charge >= 0.3 is 0 Å². The van der Waals surface area contributed by atoms with Crippen LogP contribution < -0.4 is 5.19 Å². The van der Waals surface area contributed by atoms with Crippen molar-refractivity contribution in [2.45, 2.75) is 43.4 Å². The molecule has 1 aliphatic heterocycles. The lowest BCUT2D eigenvalue weighted by atomic mass is 9.57. The first-order valence-corrected chi connectivity index (χ1v) is 15.8. The summed E-state index contributed by atoms with van der Waals surface area (Å²) >= 11 is 0. The second-order valence-electron chi connectivity index (χ2n) is 11.2. The molecule has 4 heteroatoms. The molecule has 0 N–H and O–H groups in total. The van der Waals surface area contributed by atoms with Crippen LogP contribution in [0.2, 0.25) is 19.6 Å². The molecule has 8 rings (SSSR count). The fraction of sp³-hybridized carbons (Fsp3) is 0.258. The first kappa shape index (κ1) is 21.2. The van der Waals surface area contributed by atoms with Crippen LogP contribution in [0.15, 0.2) is 78.9 Å². The van der Waals surface area contributed by atoms with E-state index in [-0.39, 0.29) is 11.9 Å². The van der Waals surface area contributed by atoms with E-state index < -0.39 is 19.1 Å². The van der Waals surface area contributed by atoms with E-state index in [0.29, 0.717) is 6.61 Å². The minimum absolute atomic E-state index is 0.141. The van der Waals surface area contributed by atoms with Crippen LogP contribution in [0.1, 0.15) is 44.3 Å². The van der Waals surface area contributed by atoms with E-state index >= 15 is 0 Å². The molecule has 3 aromatic rings. The van der Waals surface area contributed by atoms with Crippen molar-refractivity contribution in [3.63, 3.8) is 0 Å². The van der Waals surface area contributed by atoms with E-state index in [4.69, 9.17) is 9.47 Å². The fourth-order valence-corrected chi connectivity index (χ4v) is 9.08. The van der Waals surface area contributed by atoms with Crippen molar-refractivity contribution >= 4 is 19.0 Å². The fourth-order valence-electron chi connectivity index (χ4n) is 6.99. The monoisotopic (exact) mass is 476 g/mol. The average Bonchev–Trinajstić information content (AvgIpc) is 3.17. The molecule has 2 bridgehead atoms. The third-order valence-electron chi connectivity index (χ3n) is 8.33. The molecule has 0 saturated carbocycles. The first-order chi connectivity index (χ1) is 16.8. The van der Waals surface area contributed by atoms with Crippen LogP contribution in [0.4, 0.5) is 0 Å². The van der Waals surface area contributed by atoms with Gasteiger partial charge in [-0.15, -0.1) is 0 Å². The minimum atomic E-state index is -1.95. The zero-order chi connectivity index (χ0) is 24.2. The molecule has 3 aromatic carbocycles. The van der Waals surface area contributed by atoms with Gasteiger partial charge < -0.3 is 9.47 Å². The van der Waals surface area contributed by atoms with Crippen molar-refractivity contribution in [2.24, 2.45) is 0 Å². The van der Waals surface area contributed by atoms with Crippen molar-refractivity contribution < 1.29 is 14.3 Å². The van der Waals surface area contributed by atoms with Crippen molar-refractivity contribution in [1.29, 1.82) is 0 Å². The molecule has 5 aliphatic rings. The second kappa shape index (κ2) is 6.79. The predicted molar refractivity (Wildman–Crippen MR) is 141 cm³/mol. The van der Waals surface area contributed by atoms with Gasteiger partial charge in [0.1, 0.15) is 5.60 Å². The summed E-state index contributed by atoms with van der Waals surface area (Å²) in [6, 6.07) is 18.6. The quantitative estimate of drug-likeness (QED) is 0.271. The largest absolute Gasteiger partial charge is 0.367 e. The Bertz CT molecular complexity index is 1480. The van der Waals surface area contributed by atoms with Gasteiger partial charge in [-0.2, -0.15) is 0 Å². The lowest BCUT2D eigenvalue weighted by Crippen LogP contribution is -2.53. The summed E-state index contributed by atoms with van der Waals surface area (Å²) in [6.07, 6.45) is 8.81. The molecule has 4 aliphatic carbocycles. The lowest BCUT2D eigenvalue weighted by Gasteiger charge is -2.53. The van der Waals surface area contributed by atoms with Crippen LogP contribution in [0.25, 0.3) is 11.1 Å². The summed E-state index contributed by atoms with van der Waals surface area (Å²) < 4.78 is 13.0. The summed E-state index contributed by atoms with van der Waals surface area (Å²) in [6.45, 7) is 7.53. The van der Waals surface area contributed by atoms with Crippen LogP contribution in [-0.4, -0.2) is 21.0 Å². The van der Waals surface area contributed by atoms with Crippen molar-refractivity contribution in [2.75, 3.05) is 7.11 Å². The zero-order valence-electron chi connectivity index (χ0n) is 20.5. The summed E-state index contributed by atoms with van der Waals surface area (Å²) in [7, 11) is -0.175. The average molecular weight is 477 g/mol. The maximum atomic E-state index is 14.0. The molecular formula is C31H28O3Si. The van der Waals surface area contributed by atoms with Gasteiger partial charge in [-0.05, 0) is 39.6 Å². The number of hydrogen-bond donors (Lipinski definition) is 0. The molecule has 0 amide bonds. The molecule has 0 aromatic heterocycles. The van der Waals surface area contributed by atoms with E-state index in [1.54, 1.807) is 7.11 Å². The summed E-state index contributed by atoms with van der Waals surface area (Å²) in [5, 5.41) is 1.25. The molecule has 35 heavy (non-hydrogen) atoms. The van der Waals surface area contributed by atoms with E-state index in [9.17, 15) is 4.79 Å². The molecular weight excluding hydrogens is 448 g/mol. The van der Waals surface area contributed by atoms with Gasteiger partial charge in [0.2, 0.25) is 0 Å². The number of carbonyl (C=O) groups excluding carboxylic acids is 1. The van der Waals surface area contributed by atoms with E-state index in [1.807, 2.05) is 24.3 Å². The Morgan fingerprint density at radius 3 is 2.17 bits per heavy atom. The standard InChI is InChI=1S/C31H28O3Si/c1-33-31-16-14-30(15-17-31)25-22(18-34-29(30)19-10-6-5-7-11-19)28(35(2,3)4)24-23(26(25)31)20-12-8-9-13-21(20)27(24)32/h5-17,29H,18H2,1-4H3. The number of benzene rings is 3. The highest BCUT2D eigenvalue weighted by Gasteiger charge is 2.57. The van der Waals surface area contributed by atoms with Gasteiger partial charge in [0.25, 0.3) is 0 Å². The smallest absolute Gasteiger partial charge is 0.194 e. The van der Waals surface area contributed by atoms with Gasteiger partial charge in [0.05, 0.1) is 26.2 Å². The first-order valence-electron chi connectivity index (χ1n) is 12.3. The third kappa shape index (κ3) is 2.50. The van der Waals surface area contributed by atoms with E-state index in [0.717, 1.165) is 33.4 Å². The molecule has 1 heterocycles. The van der Waals surface area contributed by atoms with Gasteiger partial charge in [0, 0.05) is 29.4 Å². The van der Waals surface area contributed by atoms with Crippen LogP contribution >= 0.6 is 0 Å². The van der Waals surface area contributed by atoms with Gasteiger partial charge in [0.15, 0.2) is 5.78 Å². The summed E-state index contributed by atoms with van der Waals surface area (Å²) in [5.74, 6) is 0.145. The van der Waals surface area contributed by atoms with Gasteiger partial charge in [-0.1, -0.05) is 86.4 Å². The summed E-state index contributed by atoms with van der Waals surface area (Å²) in [4.78, 5) is 14.0. The number of ketones is 1. The maximum Gasteiger partial charge on any atom is 0.194 e. The predicted octanol–water partition coefficient (Wildman–Crippen LogP) is 5.93. The number of fused-ring (bicyclic) bond motifs is 3. The number of carbonyl (C=O) groups is 1.